The van der Waals surface area contributed by atoms with Gasteiger partial charge >= 0.3 is 0 Å². The van der Waals surface area contributed by atoms with Crippen LogP contribution in [-0.4, -0.2) is 51.5 Å². The molecule has 0 saturated carbocycles. The van der Waals surface area contributed by atoms with E-state index in [1.54, 1.807) is 0 Å². The van der Waals surface area contributed by atoms with Gasteiger partial charge in [-0.15, -0.1) is 0 Å². The zero-order chi connectivity index (χ0) is 19.3. The molecule has 2 aromatic carbocycles. The van der Waals surface area contributed by atoms with Gasteiger partial charge in [-0.1, -0.05) is 23.7 Å². The summed E-state index contributed by atoms with van der Waals surface area (Å²) in [4.78, 5) is 12.4. The van der Waals surface area contributed by atoms with Crippen LogP contribution in [0.5, 0.6) is 0 Å². The van der Waals surface area contributed by atoms with E-state index in [1.165, 1.54) is 28.6 Å². The second-order valence-corrected chi connectivity index (χ2v) is 8.55. The highest BCUT2D eigenvalue weighted by Gasteiger charge is 2.26. The summed E-state index contributed by atoms with van der Waals surface area (Å²) < 4.78 is 31.8. The first-order chi connectivity index (χ1) is 13.0. The van der Waals surface area contributed by atoms with E-state index in [0.717, 1.165) is 5.56 Å². The van der Waals surface area contributed by atoms with E-state index < -0.39 is 10.0 Å². The minimum absolute atomic E-state index is 0.183. The van der Waals surface area contributed by atoms with Gasteiger partial charge in [-0.05, 0) is 48.4 Å². The maximum absolute atomic E-state index is 12.6. The number of ether oxygens (including phenoxy) is 1. The molecule has 0 atom stereocenters. The Morgan fingerprint density at radius 3 is 2.30 bits per heavy atom. The summed E-state index contributed by atoms with van der Waals surface area (Å²) in [5.41, 5.74) is 1.50. The van der Waals surface area contributed by atoms with Crippen LogP contribution in [0, 0.1) is 0 Å². The number of hydrogen-bond donors (Lipinski definition) is 1. The van der Waals surface area contributed by atoms with Crippen molar-refractivity contribution in [2.45, 2.75) is 11.3 Å². The largest absolute Gasteiger partial charge is 0.379 e. The molecule has 144 valence electrons. The molecule has 1 saturated heterocycles. The molecule has 6 nitrogen and oxygen atoms in total. The predicted molar refractivity (Wildman–Crippen MR) is 104 cm³/mol. The van der Waals surface area contributed by atoms with Crippen molar-refractivity contribution in [3.8, 4) is 0 Å². The van der Waals surface area contributed by atoms with Crippen LogP contribution >= 0.6 is 11.6 Å². The van der Waals surface area contributed by atoms with E-state index in [4.69, 9.17) is 16.3 Å². The lowest BCUT2D eigenvalue weighted by atomic mass is 10.1. The van der Waals surface area contributed by atoms with Crippen molar-refractivity contribution >= 4 is 27.5 Å². The predicted octanol–water partition coefficient (Wildman–Crippen LogP) is 2.33. The number of halogens is 1. The number of carbonyl (C=O) groups excluding carboxylic acids is 1. The molecule has 0 aromatic heterocycles. The average molecular weight is 409 g/mol. The molecular formula is C19H21ClN2O4S. The Balaban J connectivity index is 1.57. The van der Waals surface area contributed by atoms with E-state index in [2.05, 4.69) is 5.32 Å². The average Bonchev–Trinajstić information content (AvgIpc) is 2.70. The Morgan fingerprint density at radius 2 is 1.67 bits per heavy atom. The number of nitrogens with one attached hydrogen (secondary N) is 1. The molecule has 0 radical (unpaired) electrons. The summed E-state index contributed by atoms with van der Waals surface area (Å²) in [5.74, 6) is -0.237. The minimum Gasteiger partial charge on any atom is -0.379 e. The Hall–Kier alpha value is -1.93. The highest BCUT2D eigenvalue weighted by molar-refractivity contribution is 7.89. The molecule has 1 aliphatic heterocycles. The molecule has 3 rings (SSSR count). The van der Waals surface area contributed by atoms with Crippen molar-refractivity contribution in [2.75, 3.05) is 32.8 Å². The molecule has 1 amide bonds. The summed E-state index contributed by atoms with van der Waals surface area (Å²) in [5, 5.41) is 3.51. The van der Waals surface area contributed by atoms with Gasteiger partial charge in [0.05, 0.1) is 18.1 Å². The summed E-state index contributed by atoms with van der Waals surface area (Å²) in [6.07, 6.45) is 0.687. The van der Waals surface area contributed by atoms with Gasteiger partial charge < -0.3 is 10.1 Å². The number of morpholine rings is 1. The number of benzene rings is 2. The third-order valence-corrected chi connectivity index (χ3v) is 6.50. The zero-order valence-electron chi connectivity index (χ0n) is 14.7. The summed E-state index contributed by atoms with van der Waals surface area (Å²) in [7, 11) is -3.55. The van der Waals surface area contributed by atoms with Gasteiger partial charge in [-0.3, -0.25) is 4.79 Å². The quantitative estimate of drug-likeness (QED) is 0.796. The minimum atomic E-state index is -3.55. The molecule has 0 unspecified atom stereocenters. The first kappa shape index (κ1) is 19.8. The third-order valence-electron chi connectivity index (χ3n) is 4.34. The third kappa shape index (κ3) is 5.07. The van der Waals surface area contributed by atoms with Crippen molar-refractivity contribution < 1.29 is 17.9 Å². The van der Waals surface area contributed by atoms with Crippen LogP contribution in [0.25, 0.3) is 0 Å². The van der Waals surface area contributed by atoms with E-state index in [0.29, 0.717) is 49.9 Å². The highest BCUT2D eigenvalue weighted by Crippen LogP contribution is 2.17. The Bertz CT molecular complexity index is 877. The topological polar surface area (TPSA) is 75.7 Å². The molecule has 1 aliphatic rings. The fraction of sp³-hybridized carbons (Fsp3) is 0.316. The fourth-order valence-corrected chi connectivity index (χ4v) is 4.32. The SMILES string of the molecule is O=C(NCCc1ccc(Cl)cc1)c1ccc(S(=O)(=O)N2CCOCC2)cc1. The lowest BCUT2D eigenvalue weighted by molar-refractivity contribution is 0.0730. The van der Waals surface area contributed by atoms with Crippen LogP contribution in [0.2, 0.25) is 5.02 Å². The molecule has 8 heteroatoms. The van der Waals surface area contributed by atoms with Gasteiger partial charge in [-0.2, -0.15) is 4.31 Å². The van der Waals surface area contributed by atoms with Crippen molar-refractivity contribution in [2.24, 2.45) is 0 Å². The Morgan fingerprint density at radius 1 is 1.04 bits per heavy atom. The van der Waals surface area contributed by atoms with Gasteiger partial charge in [0, 0.05) is 30.2 Å². The van der Waals surface area contributed by atoms with Crippen LogP contribution in [0.15, 0.2) is 53.4 Å². The molecule has 1 N–H and O–H groups in total. The van der Waals surface area contributed by atoms with E-state index in [1.807, 2.05) is 24.3 Å². The van der Waals surface area contributed by atoms with Crippen LogP contribution in [0.3, 0.4) is 0 Å². The summed E-state index contributed by atoms with van der Waals surface area (Å²) >= 11 is 5.85. The molecule has 0 bridgehead atoms. The maximum Gasteiger partial charge on any atom is 0.251 e. The first-order valence-corrected chi connectivity index (χ1v) is 10.5. The van der Waals surface area contributed by atoms with Crippen LogP contribution in [0.4, 0.5) is 0 Å². The van der Waals surface area contributed by atoms with Crippen LogP contribution < -0.4 is 5.32 Å². The molecule has 1 heterocycles. The molecular weight excluding hydrogens is 388 g/mol. The van der Waals surface area contributed by atoms with Crippen molar-refractivity contribution in [1.29, 1.82) is 0 Å². The van der Waals surface area contributed by atoms with Gasteiger partial charge in [0.15, 0.2) is 0 Å². The van der Waals surface area contributed by atoms with Crippen molar-refractivity contribution in [3.63, 3.8) is 0 Å². The second kappa shape index (κ2) is 8.84. The van der Waals surface area contributed by atoms with Gasteiger partial charge in [-0.25, -0.2) is 8.42 Å². The smallest absolute Gasteiger partial charge is 0.251 e. The first-order valence-electron chi connectivity index (χ1n) is 8.67. The van der Waals surface area contributed by atoms with Gasteiger partial charge in [0.25, 0.3) is 5.91 Å². The summed E-state index contributed by atoms with van der Waals surface area (Å²) in [6.45, 7) is 1.96. The second-order valence-electron chi connectivity index (χ2n) is 6.17. The zero-order valence-corrected chi connectivity index (χ0v) is 16.3. The fourth-order valence-electron chi connectivity index (χ4n) is 2.79. The van der Waals surface area contributed by atoms with E-state index >= 15 is 0 Å². The Labute approximate surface area is 164 Å². The molecule has 0 aliphatic carbocycles. The van der Waals surface area contributed by atoms with Crippen molar-refractivity contribution in [3.05, 3.63) is 64.7 Å². The number of sulfonamides is 1. The van der Waals surface area contributed by atoms with Crippen molar-refractivity contribution in [1.82, 2.24) is 9.62 Å². The number of carbonyl (C=O) groups is 1. The normalized spacial score (nSPS) is 15.4. The number of hydrogen-bond acceptors (Lipinski definition) is 4. The molecule has 1 fully saturated rings. The van der Waals surface area contributed by atoms with Crippen LogP contribution in [-0.2, 0) is 21.2 Å². The lowest BCUT2D eigenvalue weighted by Crippen LogP contribution is -2.40. The van der Waals surface area contributed by atoms with Gasteiger partial charge in [0.2, 0.25) is 10.0 Å². The number of amides is 1. The lowest BCUT2D eigenvalue weighted by Gasteiger charge is -2.26. The van der Waals surface area contributed by atoms with Crippen LogP contribution in [0.1, 0.15) is 15.9 Å². The molecule has 27 heavy (non-hydrogen) atoms. The maximum atomic E-state index is 12.6. The highest BCUT2D eigenvalue weighted by atomic mass is 35.5. The summed E-state index contributed by atoms with van der Waals surface area (Å²) in [6, 6.07) is 13.5. The molecule has 2 aromatic rings. The molecule has 0 spiro atoms. The van der Waals surface area contributed by atoms with E-state index in [-0.39, 0.29) is 10.8 Å². The monoisotopic (exact) mass is 408 g/mol. The standard InChI is InChI=1S/C19H21ClN2O4S/c20-17-5-1-15(2-6-17)9-10-21-19(23)16-3-7-18(8-4-16)27(24,25)22-11-13-26-14-12-22/h1-8H,9-14H2,(H,21,23). The van der Waals surface area contributed by atoms with Gasteiger partial charge in [0.1, 0.15) is 0 Å². The van der Waals surface area contributed by atoms with E-state index in [9.17, 15) is 13.2 Å². The Kier molecular flexibility index (Phi) is 6.49. The number of nitrogens with zero attached hydrogens (tertiary/aromatic N) is 1. The number of rotatable bonds is 6.